The number of rotatable bonds is 5. The first-order chi connectivity index (χ1) is 18.9. The van der Waals surface area contributed by atoms with Gasteiger partial charge in [-0.2, -0.15) is 0 Å². The third kappa shape index (κ3) is 4.62. The largest absolute Gasteiger partial charge is 0.497 e. The van der Waals surface area contributed by atoms with Gasteiger partial charge in [0.25, 0.3) is 5.91 Å². The number of fused-ring (bicyclic) bond motifs is 4. The van der Waals surface area contributed by atoms with Gasteiger partial charge in [0.2, 0.25) is 0 Å². The topological polar surface area (TPSA) is 67.2 Å². The maximum Gasteiger partial charge on any atom is 0.254 e. The van der Waals surface area contributed by atoms with Gasteiger partial charge < -0.3 is 28.9 Å². The van der Waals surface area contributed by atoms with E-state index in [1.54, 1.807) is 7.11 Å². The van der Waals surface area contributed by atoms with Gasteiger partial charge in [-0.25, -0.2) is 4.39 Å². The van der Waals surface area contributed by atoms with Crippen LogP contribution in [0.15, 0.2) is 42.5 Å². The summed E-state index contributed by atoms with van der Waals surface area (Å²) in [6.07, 6.45) is 4.10. The number of aliphatic hydroxyl groups excluding tert-OH is 1. The summed E-state index contributed by atoms with van der Waals surface area (Å²) in [6.45, 7) is 5.07. The van der Waals surface area contributed by atoms with Crippen molar-refractivity contribution < 1.29 is 23.8 Å². The summed E-state index contributed by atoms with van der Waals surface area (Å²) in [5.74, 6) is 0.907. The van der Waals surface area contributed by atoms with Crippen molar-refractivity contribution in [3.05, 3.63) is 65.1 Å². The van der Waals surface area contributed by atoms with Gasteiger partial charge in [-0.3, -0.25) is 4.79 Å². The number of carbonyl (C=O) groups is 1. The Kier molecular flexibility index (Phi) is 7.12. The maximum absolute atomic E-state index is 13.9. The molecule has 0 aliphatic carbocycles. The first kappa shape index (κ1) is 26.3. The molecule has 1 N–H and O–H groups in total. The molecule has 0 radical (unpaired) electrons. The summed E-state index contributed by atoms with van der Waals surface area (Å²) < 4.78 is 26.9. The highest BCUT2D eigenvalue weighted by molar-refractivity contribution is 5.96. The Morgan fingerprint density at radius 2 is 1.85 bits per heavy atom. The molecule has 39 heavy (non-hydrogen) atoms. The molecule has 0 saturated carbocycles. The number of methoxy groups -OCH3 is 1. The van der Waals surface area contributed by atoms with Crippen LogP contribution in [0.2, 0.25) is 0 Å². The molecule has 3 aliphatic rings. The number of ether oxygens (including phenoxy) is 2. The first-order valence-electron chi connectivity index (χ1n) is 14.1. The number of halogens is 1. The smallest absolute Gasteiger partial charge is 0.254 e. The Hall–Kier alpha value is -2.94. The van der Waals surface area contributed by atoms with Crippen molar-refractivity contribution in [3.8, 4) is 5.75 Å². The van der Waals surface area contributed by atoms with Crippen LogP contribution in [0, 0.1) is 11.7 Å². The second kappa shape index (κ2) is 10.6. The highest BCUT2D eigenvalue weighted by atomic mass is 19.1. The van der Waals surface area contributed by atoms with Crippen LogP contribution in [0.4, 0.5) is 4.39 Å². The molecule has 0 unspecified atom stereocenters. The summed E-state index contributed by atoms with van der Waals surface area (Å²) in [6, 6.07) is 11.4. The Morgan fingerprint density at radius 1 is 1.13 bits per heavy atom. The van der Waals surface area contributed by atoms with E-state index in [1.807, 2.05) is 24.1 Å². The van der Waals surface area contributed by atoms with E-state index in [2.05, 4.69) is 15.5 Å². The molecular formula is C31H38FN3O4. The van der Waals surface area contributed by atoms with Crippen molar-refractivity contribution in [2.75, 3.05) is 53.1 Å². The number of amides is 1. The van der Waals surface area contributed by atoms with E-state index in [4.69, 9.17) is 9.47 Å². The Morgan fingerprint density at radius 3 is 2.51 bits per heavy atom. The summed E-state index contributed by atoms with van der Waals surface area (Å²) in [5, 5.41) is 11.9. The van der Waals surface area contributed by atoms with Crippen molar-refractivity contribution in [1.82, 2.24) is 14.4 Å². The van der Waals surface area contributed by atoms with Gasteiger partial charge in [0.05, 0.1) is 25.3 Å². The predicted molar refractivity (Wildman–Crippen MR) is 148 cm³/mol. The van der Waals surface area contributed by atoms with Crippen molar-refractivity contribution >= 4 is 16.8 Å². The van der Waals surface area contributed by atoms with Crippen LogP contribution in [0.1, 0.15) is 53.3 Å². The molecule has 208 valence electrons. The molecule has 8 heteroatoms. The lowest BCUT2D eigenvalue weighted by Gasteiger charge is -2.51. The Balaban J connectivity index is 1.41. The molecule has 1 aromatic heterocycles. The lowest BCUT2D eigenvalue weighted by molar-refractivity contribution is 0.0244. The Bertz CT molecular complexity index is 1340. The van der Waals surface area contributed by atoms with Gasteiger partial charge in [0.15, 0.2) is 0 Å². The molecule has 1 atom stereocenters. The number of aliphatic hydroxyl groups is 1. The number of hydrogen-bond donors (Lipinski definition) is 1. The minimum atomic E-state index is -0.494. The predicted octanol–water partition coefficient (Wildman–Crippen LogP) is 4.28. The number of aromatic nitrogens is 1. The van der Waals surface area contributed by atoms with Crippen LogP contribution in [0.3, 0.4) is 0 Å². The second-order valence-electron chi connectivity index (χ2n) is 11.5. The van der Waals surface area contributed by atoms with E-state index in [9.17, 15) is 14.3 Å². The molecule has 0 bridgehead atoms. The third-order valence-electron chi connectivity index (χ3n) is 9.34. The van der Waals surface area contributed by atoms with E-state index < -0.39 is 6.04 Å². The average Bonchev–Trinajstić information content (AvgIpc) is 3.27. The molecule has 2 aromatic carbocycles. The molecule has 3 aromatic rings. The summed E-state index contributed by atoms with van der Waals surface area (Å²) >= 11 is 0. The van der Waals surface area contributed by atoms with E-state index >= 15 is 0 Å². The van der Waals surface area contributed by atoms with E-state index in [0.717, 1.165) is 75.5 Å². The SMILES string of the molecule is COc1ccc2c3c(n(C)c2c1)[C@@H](CO)N(C(=O)c1ccc(F)cc1)CC31CCN(CC2CCOCC2)CC1. The van der Waals surface area contributed by atoms with Gasteiger partial charge >= 0.3 is 0 Å². The zero-order valence-electron chi connectivity index (χ0n) is 22.9. The van der Waals surface area contributed by atoms with Crippen LogP contribution in [0.25, 0.3) is 10.9 Å². The van der Waals surface area contributed by atoms with Crippen LogP contribution in [-0.4, -0.2) is 78.5 Å². The number of aryl methyl sites for hydroxylation is 1. The molecule has 3 aliphatic heterocycles. The normalized spacial score (nSPS) is 21.8. The average molecular weight is 536 g/mol. The van der Waals surface area contributed by atoms with E-state index in [1.165, 1.54) is 35.2 Å². The van der Waals surface area contributed by atoms with Crippen LogP contribution in [0.5, 0.6) is 5.75 Å². The standard InChI is InChI=1S/C31H38FN3O4/c1-33-26-17-24(38-2)7-8-25(26)28-29(33)27(19-36)35(30(37)22-3-5-23(32)6-4-22)20-31(28)11-13-34(14-12-31)18-21-9-15-39-16-10-21/h3-8,17,21,27,36H,9-16,18-20H2,1-2H3/t27-/m1/s1. The van der Waals surface area contributed by atoms with Crippen molar-refractivity contribution in [1.29, 1.82) is 0 Å². The van der Waals surface area contributed by atoms with Gasteiger partial charge in [-0.15, -0.1) is 0 Å². The number of piperidine rings is 1. The highest BCUT2D eigenvalue weighted by Crippen LogP contribution is 2.50. The summed E-state index contributed by atoms with van der Waals surface area (Å²) in [7, 11) is 3.68. The van der Waals surface area contributed by atoms with E-state index in [0.29, 0.717) is 18.0 Å². The van der Waals surface area contributed by atoms with Crippen molar-refractivity contribution in [2.45, 2.75) is 37.1 Å². The van der Waals surface area contributed by atoms with Crippen molar-refractivity contribution in [3.63, 3.8) is 0 Å². The quantitative estimate of drug-likeness (QED) is 0.529. The first-order valence-corrected chi connectivity index (χ1v) is 14.1. The van der Waals surface area contributed by atoms with Gasteiger partial charge in [-0.1, -0.05) is 0 Å². The van der Waals surface area contributed by atoms with Crippen LogP contribution < -0.4 is 4.74 Å². The van der Waals surface area contributed by atoms with Crippen LogP contribution in [-0.2, 0) is 17.2 Å². The molecular weight excluding hydrogens is 497 g/mol. The number of nitrogens with zero attached hydrogens (tertiary/aromatic N) is 3. The highest BCUT2D eigenvalue weighted by Gasteiger charge is 2.49. The molecule has 6 rings (SSSR count). The maximum atomic E-state index is 13.9. The second-order valence-corrected chi connectivity index (χ2v) is 11.5. The Labute approximate surface area is 229 Å². The summed E-state index contributed by atoms with van der Waals surface area (Å²) in [4.78, 5) is 18.3. The fraction of sp³-hybridized carbons (Fsp3) is 0.516. The zero-order chi connectivity index (χ0) is 27.1. The molecule has 2 fully saturated rings. The molecule has 1 spiro atoms. The monoisotopic (exact) mass is 535 g/mol. The number of hydrogen-bond acceptors (Lipinski definition) is 5. The van der Waals surface area contributed by atoms with E-state index in [-0.39, 0.29) is 23.7 Å². The number of likely N-dealkylation sites (tertiary alicyclic amines) is 1. The molecule has 2 saturated heterocycles. The fourth-order valence-corrected chi connectivity index (χ4v) is 7.20. The molecule has 4 heterocycles. The number of benzene rings is 2. The minimum Gasteiger partial charge on any atom is -0.497 e. The van der Waals surface area contributed by atoms with Crippen molar-refractivity contribution in [2.24, 2.45) is 13.0 Å². The van der Waals surface area contributed by atoms with Gasteiger partial charge in [0, 0.05) is 61.5 Å². The lowest BCUT2D eigenvalue weighted by atomic mass is 9.68. The van der Waals surface area contributed by atoms with Gasteiger partial charge in [0.1, 0.15) is 11.6 Å². The molecule has 1 amide bonds. The molecule has 7 nitrogen and oxygen atoms in total. The lowest BCUT2D eigenvalue weighted by Crippen LogP contribution is -2.56. The zero-order valence-corrected chi connectivity index (χ0v) is 22.9. The minimum absolute atomic E-state index is 0.174. The summed E-state index contributed by atoms with van der Waals surface area (Å²) in [5.41, 5.74) is 3.48. The fourth-order valence-electron chi connectivity index (χ4n) is 7.20. The van der Waals surface area contributed by atoms with Gasteiger partial charge in [-0.05, 0) is 86.7 Å². The van der Waals surface area contributed by atoms with Crippen LogP contribution >= 0.6 is 0 Å². The number of carbonyl (C=O) groups excluding carboxylic acids is 1. The third-order valence-corrected chi connectivity index (χ3v) is 9.34.